The van der Waals surface area contributed by atoms with E-state index in [0.29, 0.717) is 6.04 Å². The van der Waals surface area contributed by atoms with Crippen LogP contribution in [-0.2, 0) is 24.1 Å². The minimum Gasteiger partial charge on any atom is -0.444 e. The van der Waals surface area contributed by atoms with E-state index < -0.39 is 5.60 Å². The first kappa shape index (κ1) is 18.2. The van der Waals surface area contributed by atoms with Crippen molar-refractivity contribution in [1.82, 2.24) is 19.8 Å². The molecule has 1 saturated heterocycles. The van der Waals surface area contributed by atoms with E-state index in [2.05, 4.69) is 16.1 Å². The van der Waals surface area contributed by atoms with E-state index in [1.165, 1.54) is 24.4 Å². The molecule has 0 aromatic carbocycles. The van der Waals surface area contributed by atoms with Gasteiger partial charge in [-0.1, -0.05) is 0 Å². The Bertz CT molecular complexity index is 567. The Hall–Kier alpha value is -1.56. The summed E-state index contributed by atoms with van der Waals surface area (Å²) < 4.78 is 7.80. The van der Waals surface area contributed by atoms with Gasteiger partial charge in [-0.15, -0.1) is 0 Å². The predicted octanol–water partition coefficient (Wildman–Crippen LogP) is 2.75. The van der Waals surface area contributed by atoms with E-state index in [4.69, 9.17) is 9.72 Å². The van der Waals surface area contributed by atoms with Crippen LogP contribution in [0.1, 0.15) is 58.0 Å². The van der Waals surface area contributed by atoms with Crippen molar-refractivity contribution >= 4 is 6.09 Å². The molecule has 140 valence electrons. The lowest BCUT2D eigenvalue weighted by Gasteiger charge is -2.34. The summed E-state index contributed by atoms with van der Waals surface area (Å²) in [5, 5.41) is 3.60. The third-order valence-electron chi connectivity index (χ3n) is 4.85. The minimum atomic E-state index is -0.433. The molecular weight excluding hydrogens is 316 g/mol. The molecule has 0 aliphatic carbocycles. The van der Waals surface area contributed by atoms with Gasteiger partial charge in [0.05, 0.1) is 5.69 Å². The summed E-state index contributed by atoms with van der Waals surface area (Å²) in [5.41, 5.74) is 0.752. The third kappa shape index (κ3) is 5.21. The molecule has 1 amide bonds. The van der Waals surface area contributed by atoms with Gasteiger partial charge in [0.15, 0.2) is 0 Å². The molecule has 6 heteroatoms. The van der Waals surface area contributed by atoms with Crippen molar-refractivity contribution < 1.29 is 9.53 Å². The van der Waals surface area contributed by atoms with Crippen LogP contribution in [0.15, 0.2) is 6.20 Å². The van der Waals surface area contributed by atoms with Crippen LogP contribution >= 0.6 is 0 Å². The number of imidazole rings is 1. The van der Waals surface area contributed by atoms with Crippen LogP contribution in [0.25, 0.3) is 0 Å². The van der Waals surface area contributed by atoms with Crippen LogP contribution in [0.3, 0.4) is 0 Å². The Morgan fingerprint density at radius 3 is 2.92 bits per heavy atom. The van der Waals surface area contributed by atoms with Gasteiger partial charge in [-0.05, 0) is 46.5 Å². The molecule has 0 bridgehead atoms. The minimum absolute atomic E-state index is 0.194. The van der Waals surface area contributed by atoms with Crippen LogP contribution in [0.2, 0.25) is 0 Å². The van der Waals surface area contributed by atoms with Gasteiger partial charge in [-0.25, -0.2) is 9.78 Å². The molecule has 1 unspecified atom stereocenters. The maximum Gasteiger partial charge on any atom is 0.410 e. The maximum absolute atomic E-state index is 12.2. The molecule has 1 aromatic heterocycles. The molecule has 0 saturated carbocycles. The fourth-order valence-electron chi connectivity index (χ4n) is 3.63. The molecular formula is C19H32N4O2. The molecule has 2 aliphatic heterocycles. The number of aryl methyl sites for hydroxylation is 2. The Morgan fingerprint density at radius 1 is 1.32 bits per heavy atom. The van der Waals surface area contributed by atoms with E-state index in [9.17, 15) is 4.79 Å². The summed E-state index contributed by atoms with van der Waals surface area (Å²) >= 11 is 0. The van der Waals surface area contributed by atoms with Gasteiger partial charge in [0, 0.05) is 51.3 Å². The highest BCUT2D eigenvalue weighted by molar-refractivity contribution is 5.68. The zero-order valence-electron chi connectivity index (χ0n) is 15.9. The molecule has 1 fully saturated rings. The topological polar surface area (TPSA) is 59.4 Å². The number of likely N-dealkylation sites (tertiary alicyclic amines) is 1. The van der Waals surface area contributed by atoms with Crippen molar-refractivity contribution in [3.63, 3.8) is 0 Å². The molecule has 0 spiro atoms. The zero-order valence-corrected chi connectivity index (χ0v) is 15.9. The molecule has 2 aliphatic rings. The Labute approximate surface area is 150 Å². The number of aromatic nitrogens is 2. The molecule has 3 heterocycles. The summed E-state index contributed by atoms with van der Waals surface area (Å²) in [6.45, 7) is 9.28. The summed E-state index contributed by atoms with van der Waals surface area (Å²) in [6.07, 6.45) is 8.74. The summed E-state index contributed by atoms with van der Waals surface area (Å²) in [7, 11) is 0. The lowest BCUT2D eigenvalue weighted by atomic mass is 10.1. The standard InChI is InChI=1S/C19H32N4O2/c1-19(2,3)25-18(24)23-12-6-7-15(13-23)20-10-9-16-14-22-11-5-4-8-17(22)21-16/h14-15,20H,4-13H2,1-3H3. The molecule has 1 N–H and O–H groups in total. The lowest BCUT2D eigenvalue weighted by molar-refractivity contribution is 0.0188. The van der Waals surface area contributed by atoms with Crippen molar-refractivity contribution in [3.8, 4) is 0 Å². The molecule has 3 rings (SSSR count). The summed E-state index contributed by atoms with van der Waals surface area (Å²) in [4.78, 5) is 18.8. The highest BCUT2D eigenvalue weighted by Gasteiger charge is 2.27. The van der Waals surface area contributed by atoms with Gasteiger partial charge < -0.3 is 19.5 Å². The fourth-order valence-corrected chi connectivity index (χ4v) is 3.63. The average molecular weight is 348 g/mol. The highest BCUT2D eigenvalue weighted by Crippen LogP contribution is 2.16. The van der Waals surface area contributed by atoms with Gasteiger partial charge in [0.2, 0.25) is 0 Å². The van der Waals surface area contributed by atoms with Crippen LogP contribution in [0, 0.1) is 0 Å². The monoisotopic (exact) mass is 348 g/mol. The SMILES string of the molecule is CC(C)(C)OC(=O)N1CCCC(NCCc2cn3c(n2)CCCC3)C1. The van der Waals surface area contributed by atoms with Gasteiger partial charge >= 0.3 is 6.09 Å². The smallest absolute Gasteiger partial charge is 0.410 e. The normalized spacial score (nSPS) is 21.1. The van der Waals surface area contributed by atoms with E-state index in [-0.39, 0.29) is 6.09 Å². The largest absolute Gasteiger partial charge is 0.444 e. The second kappa shape index (κ2) is 7.77. The second-order valence-corrected chi connectivity index (χ2v) is 8.27. The summed E-state index contributed by atoms with van der Waals surface area (Å²) in [5.74, 6) is 1.25. The molecule has 1 aromatic rings. The second-order valence-electron chi connectivity index (χ2n) is 8.27. The zero-order chi connectivity index (χ0) is 17.9. The first-order valence-electron chi connectivity index (χ1n) is 9.67. The predicted molar refractivity (Wildman–Crippen MR) is 97.7 cm³/mol. The number of ether oxygens (including phenoxy) is 1. The molecule has 25 heavy (non-hydrogen) atoms. The number of nitrogens with one attached hydrogen (secondary N) is 1. The van der Waals surface area contributed by atoms with E-state index in [1.807, 2.05) is 25.7 Å². The first-order chi connectivity index (χ1) is 11.9. The van der Waals surface area contributed by atoms with Crippen LogP contribution in [0.4, 0.5) is 4.79 Å². The van der Waals surface area contributed by atoms with Crippen molar-refractivity contribution in [1.29, 1.82) is 0 Å². The van der Waals surface area contributed by atoms with Crippen molar-refractivity contribution in [2.45, 2.75) is 77.5 Å². The van der Waals surface area contributed by atoms with E-state index >= 15 is 0 Å². The average Bonchev–Trinajstić information content (AvgIpc) is 2.96. The number of hydrogen-bond acceptors (Lipinski definition) is 4. The number of fused-ring (bicyclic) bond motifs is 1. The third-order valence-corrected chi connectivity index (χ3v) is 4.85. The fraction of sp³-hybridized carbons (Fsp3) is 0.789. The van der Waals surface area contributed by atoms with Gasteiger partial charge in [-0.3, -0.25) is 0 Å². The Kier molecular flexibility index (Phi) is 5.67. The van der Waals surface area contributed by atoms with E-state index in [1.54, 1.807) is 0 Å². The quantitative estimate of drug-likeness (QED) is 0.909. The highest BCUT2D eigenvalue weighted by atomic mass is 16.6. The van der Waals surface area contributed by atoms with Crippen molar-refractivity contribution in [3.05, 3.63) is 17.7 Å². The van der Waals surface area contributed by atoms with Crippen LogP contribution in [-0.4, -0.2) is 51.8 Å². The molecule has 6 nitrogen and oxygen atoms in total. The summed E-state index contributed by atoms with van der Waals surface area (Å²) in [6, 6.07) is 0.346. The number of rotatable bonds is 4. The van der Waals surface area contributed by atoms with E-state index in [0.717, 1.165) is 51.9 Å². The number of carbonyl (C=O) groups excluding carboxylic acids is 1. The van der Waals surface area contributed by atoms with Crippen LogP contribution < -0.4 is 5.32 Å². The Balaban J connectivity index is 1.43. The number of hydrogen-bond donors (Lipinski definition) is 1. The Morgan fingerprint density at radius 2 is 2.16 bits per heavy atom. The van der Waals surface area contributed by atoms with Crippen molar-refractivity contribution in [2.24, 2.45) is 0 Å². The number of carbonyl (C=O) groups is 1. The van der Waals surface area contributed by atoms with Gasteiger partial charge in [0.25, 0.3) is 0 Å². The number of amides is 1. The number of nitrogens with zero attached hydrogens (tertiary/aromatic N) is 3. The lowest BCUT2D eigenvalue weighted by Crippen LogP contribution is -2.49. The van der Waals surface area contributed by atoms with Crippen molar-refractivity contribution in [2.75, 3.05) is 19.6 Å². The van der Waals surface area contributed by atoms with Gasteiger partial charge in [0.1, 0.15) is 11.4 Å². The molecule has 1 atom stereocenters. The molecule has 0 radical (unpaired) electrons. The number of piperidine rings is 1. The maximum atomic E-state index is 12.2. The van der Waals surface area contributed by atoms with Gasteiger partial charge in [-0.2, -0.15) is 0 Å². The first-order valence-corrected chi connectivity index (χ1v) is 9.67. The van der Waals surface area contributed by atoms with Crippen LogP contribution in [0.5, 0.6) is 0 Å².